The minimum Gasteiger partial charge on any atom is -0.350 e. The lowest BCUT2D eigenvalue weighted by Crippen LogP contribution is -2.48. The first kappa shape index (κ1) is 16.1. The number of aromatic amines is 1. The highest BCUT2D eigenvalue weighted by Gasteiger charge is 2.39. The zero-order chi connectivity index (χ0) is 18.0. The Hall–Kier alpha value is -2.07. The average molecular weight is 348 g/mol. The van der Waals surface area contributed by atoms with Crippen LogP contribution in [0.5, 0.6) is 0 Å². The van der Waals surface area contributed by atoms with Gasteiger partial charge in [0.25, 0.3) is 0 Å². The number of benzene rings is 1. The lowest BCUT2D eigenvalue weighted by molar-refractivity contribution is 0.111. The molecule has 3 atom stereocenters. The van der Waals surface area contributed by atoms with Crippen LogP contribution in [0.15, 0.2) is 24.4 Å². The number of nitrogens with zero attached hydrogens (tertiary/aromatic N) is 3. The van der Waals surface area contributed by atoms with Gasteiger partial charge in [-0.15, -0.1) is 0 Å². The van der Waals surface area contributed by atoms with Crippen LogP contribution in [-0.4, -0.2) is 39.3 Å². The van der Waals surface area contributed by atoms with E-state index in [0.717, 1.165) is 6.42 Å². The number of nitrogens with one attached hydrogen (secondary N) is 1. The summed E-state index contributed by atoms with van der Waals surface area (Å²) in [6.45, 7) is 5.47. The van der Waals surface area contributed by atoms with E-state index in [9.17, 15) is 0 Å². The van der Waals surface area contributed by atoms with Crippen molar-refractivity contribution in [3.63, 3.8) is 0 Å². The topological polar surface area (TPSA) is 36.9 Å². The summed E-state index contributed by atoms with van der Waals surface area (Å²) in [5.74, 6) is 1.33. The highest BCUT2D eigenvalue weighted by atomic mass is 15.2. The third-order valence-corrected chi connectivity index (χ3v) is 6.89. The minimum atomic E-state index is 0.637. The number of likely N-dealkylation sites (tertiary alicyclic amines) is 1. The standard InChI is InChI=1S/C22H28N4/c1-13-18(14(2)24-23-13)8-15-9-19-17-6-5-7-20-22(17)16(12-26(20)4)10-21(19)25(3)11-15/h5-7,12,15,19,21H,8-11H2,1-4H3,(H,23,24)/t15?,19-,21-/m1/s1. The van der Waals surface area contributed by atoms with E-state index in [-0.39, 0.29) is 0 Å². The second-order valence-corrected chi connectivity index (χ2v) is 8.54. The number of hydrogen-bond acceptors (Lipinski definition) is 2. The van der Waals surface area contributed by atoms with Crippen LogP contribution >= 0.6 is 0 Å². The van der Waals surface area contributed by atoms with Crippen molar-refractivity contribution in [1.82, 2.24) is 19.7 Å². The van der Waals surface area contributed by atoms with Crippen LogP contribution in [0, 0.1) is 19.8 Å². The van der Waals surface area contributed by atoms with Gasteiger partial charge in [-0.1, -0.05) is 12.1 Å². The fraction of sp³-hybridized carbons (Fsp3) is 0.500. The summed E-state index contributed by atoms with van der Waals surface area (Å²) in [6, 6.07) is 7.54. The van der Waals surface area contributed by atoms with Crippen LogP contribution < -0.4 is 0 Å². The molecule has 3 aromatic rings. The Morgan fingerprint density at radius 1 is 1.23 bits per heavy atom. The summed E-state index contributed by atoms with van der Waals surface area (Å²) in [7, 11) is 4.51. The Kier molecular flexibility index (Phi) is 3.54. The predicted octanol–water partition coefficient (Wildman–Crippen LogP) is 3.72. The van der Waals surface area contributed by atoms with E-state index in [1.165, 1.54) is 52.8 Å². The molecule has 2 aromatic heterocycles. The van der Waals surface area contributed by atoms with Crippen LogP contribution in [0.4, 0.5) is 0 Å². The van der Waals surface area contributed by atoms with Crippen molar-refractivity contribution in [3.8, 4) is 0 Å². The molecule has 0 bridgehead atoms. The van der Waals surface area contributed by atoms with Gasteiger partial charge in [-0.05, 0) is 68.8 Å². The van der Waals surface area contributed by atoms with Gasteiger partial charge in [0.05, 0.1) is 5.69 Å². The lowest BCUT2D eigenvalue weighted by Gasteiger charge is -2.45. The molecule has 1 N–H and O–H groups in total. The van der Waals surface area contributed by atoms with E-state index in [4.69, 9.17) is 0 Å². The molecule has 1 aromatic carbocycles. The molecule has 1 fully saturated rings. The molecule has 1 aliphatic heterocycles. The van der Waals surface area contributed by atoms with Crippen LogP contribution in [-0.2, 0) is 19.9 Å². The van der Waals surface area contributed by atoms with Gasteiger partial charge in [-0.3, -0.25) is 5.10 Å². The van der Waals surface area contributed by atoms with Crippen molar-refractivity contribution in [2.75, 3.05) is 13.6 Å². The fourth-order valence-electron chi connectivity index (χ4n) is 5.64. The molecule has 1 unspecified atom stereocenters. The maximum Gasteiger partial charge on any atom is 0.0626 e. The van der Waals surface area contributed by atoms with Crippen molar-refractivity contribution in [2.24, 2.45) is 13.0 Å². The van der Waals surface area contributed by atoms with Gasteiger partial charge in [-0.25, -0.2) is 0 Å². The summed E-state index contributed by atoms with van der Waals surface area (Å²) in [4.78, 5) is 2.62. The van der Waals surface area contributed by atoms with Crippen LogP contribution in [0.3, 0.4) is 0 Å². The number of rotatable bonds is 2. The molecule has 0 radical (unpaired) electrons. The Morgan fingerprint density at radius 3 is 2.85 bits per heavy atom. The maximum absolute atomic E-state index is 4.40. The summed E-state index contributed by atoms with van der Waals surface area (Å²) in [5.41, 5.74) is 8.34. The van der Waals surface area contributed by atoms with Crippen molar-refractivity contribution < 1.29 is 0 Å². The molecule has 1 saturated heterocycles. The number of aromatic nitrogens is 3. The predicted molar refractivity (Wildman–Crippen MR) is 106 cm³/mol. The van der Waals surface area contributed by atoms with Crippen molar-refractivity contribution >= 4 is 10.9 Å². The Balaban J connectivity index is 1.52. The highest BCUT2D eigenvalue weighted by molar-refractivity contribution is 5.89. The molecule has 3 heterocycles. The number of hydrogen-bond donors (Lipinski definition) is 1. The molecule has 0 saturated carbocycles. The number of aryl methyl sites for hydroxylation is 3. The van der Waals surface area contributed by atoms with E-state index >= 15 is 0 Å². The Morgan fingerprint density at radius 2 is 2.08 bits per heavy atom. The van der Waals surface area contributed by atoms with Gasteiger partial charge in [-0.2, -0.15) is 5.10 Å². The second-order valence-electron chi connectivity index (χ2n) is 8.54. The van der Waals surface area contributed by atoms with Crippen LogP contribution in [0.2, 0.25) is 0 Å². The quantitative estimate of drug-likeness (QED) is 0.766. The van der Waals surface area contributed by atoms with Crippen LogP contribution in [0.1, 0.15) is 40.4 Å². The number of piperidine rings is 1. The zero-order valence-corrected chi connectivity index (χ0v) is 16.2. The monoisotopic (exact) mass is 348 g/mol. The van der Waals surface area contributed by atoms with E-state index in [0.29, 0.717) is 17.9 Å². The van der Waals surface area contributed by atoms with Gasteiger partial charge < -0.3 is 9.47 Å². The molecule has 2 aliphatic rings. The minimum absolute atomic E-state index is 0.637. The third kappa shape index (κ3) is 2.28. The molecule has 5 rings (SSSR count). The zero-order valence-electron chi connectivity index (χ0n) is 16.2. The summed E-state index contributed by atoms with van der Waals surface area (Å²) in [5, 5.41) is 9.09. The molecular formula is C22H28N4. The molecule has 0 amide bonds. The molecular weight excluding hydrogens is 320 g/mol. The first-order valence-corrected chi connectivity index (χ1v) is 9.80. The first-order valence-electron chi connectivity index (χ1n) is 9.80. The summed E-state index contributed by atoms with van der Waals surface area (Å²) >= 11 is 0. The van der Waals surface area contributed by atoms with Gasteiger partial charge in [0.15, 0.2) is 0 Å². The largest absolute Gasteiger partial charge is 0.350 e. The van der Waals surface area contributed by atoms with Gasteiger partial charge >= 0.3 is 0 Å². The third-order valence-electron chi connectivity index (χ3n) is 6.89. The first-order chi connectivity index (χ1) is 12.5. The number of fused-ring (bicyclic) bond motifs is 2. The van der Waals surface area contributed by atoms with Crippen molar-refractivity contribution in [3.05, 3.63) is 52.5 Å². The second kappa shape index (κ2) is 5.71. The van der Waals surface area contributed by atoms with E-state index in [1.807, 2.05) is 0 Å². The molecule has 1 aliphatic carbocycles. The fourth-order valence-corrected chi connectivity index (χ4v) is 5.64. The van der Waals surface area contributed by atoms with Crippen LogP contribution in [0.25, 0.3) is 10.9 Å². The van der Waals surface area contributed by atoms with Gasteiger partial charge in [0, 0.05) is 48.3 Å². The number of likely N-dealkylation sites (N-methyl/N-ethyl adjacent to an activating group) is 1. The Bertz CT molecular complexity index is 960. The van der Waals surface area contributed by atoms with Crippen molar-refractivity contribution in [2.45, 2.75) is 45.1 Å². The average Bonchev–Trinajstić information content (AvgIpc) is 3.11. The normalized spacial score (nSPS) is 25.6. The van der Waals surface area contributed by atoms with Gasteiger partial charge in [0.2, 0.25) is 0 Å². The van der Waals surface area contributed by atoms with Gasteiger partial charge in [0.1, 0.15) is 0 Å². The summed E-state index contributed by atoms with van der Waals surface area (Å²) < 4.78 is 2.31. The highest BCUT2D eigenvalue weighted by Crippen LogP contribution is 2.45. The lowest BCUT2D eigenvalue weighted by atomic mass is 9.71. The van der Waals surface area contributed by atoms with E-state index in [1.54, 1.807) is 5.56 Å². The van der Waals surface area contributed by atoms with E-state index in [2.05, 4.69) is 72.0 Å². The molecule has 26 heavy (non-hydrogen) atoms. The summed E-state index contributed by atoms with van der Waals surface area (Å²) in [6.07, 6.45) is 5.96. The maximum atomic E-state index is 4.40. The SMILES string of the molecule is Cc1n[nH]c(C)c1CC1C[C@@H]2c3cccc4c3c(cn4C)C[C@H]2N(C)C1. The van der Waals surface area contributed by atoms with Crippen molar-refractivity contribution in [1.29, 1.82) is 0 Å². The smallest absolute Gasteiger partial charge is 0.0626 e. The molecule has 136 valence electrons. The molecule has 4 nitrogen and oxygen atoms in total. The number of H-pyrrole nitrogens is 1. The Labute approximate surface area is 155 Å². The molecule has 0 spiro atoms. The van der Waals surface area contributed by atoms with E-state index < -0.39 is 0 Å². The molecule has 4 heteroatoms.